The number of hydrogen-bond donors (Lipinski definition) is 3. The summed E-state index contributed by atoms with van der Waals surface area (Å²) in [5.74, 6) is -2.76. The lowest BCUT2D eigenvalue weighted by atomic mass is 9.84. The van der Waals surface area contributed by atoms with Crippen molar-refractivity contribution in [3.63, 3.8) is 0 Å². The Balaban J connectivity index is 0.000000423. The standard InChI is InChI=1S/C21H20ClNO.C2HF3O2/c1-21(24,20(23)17-9-13-19(22)14-10-17)18-11-7-16(8-12-18)15-5-3-2-4-6-15;3-2(4,5)1(6)7/h2-14,20,24H,23H2,1H3;(H,6,7)/t20-,21+;/m0./s1. The third-order valence-electron chi connectivity index (χ3n) is 4.65. The van der Waals surface area contributed by atoms with Crippen molar-refractivity contribution in [2.75, 3.05) is 0 Å². The largest absolute Gasteiger partial charge is 0.490 e. The monoisotopic (exact) mass is 451 g/mol. The van der Waals surface area contributed by atoms with Gasteiger partial charge in [-0.2, -0.15) is 13.2 Å². The Morgan fingerprint density at radius 2 is 1.35 bits per heavy atom. The van der Waals surface area contributed by atoms with Crippen molar-refractivity contribution in [3.05, 3.63) is 95.0 Å². The predicted octanol–water partition coefficient (Wildman–Crippen LogP) is 5.55. The first-order chi connectivity index (χ1) is 14.4. The molecule has 0 amide bonds. The fourth-order valence-corrected chi connectivity index (χ4v) is 2.93. The van der Waals surface area contributed by atoms with Crippen molar-refractivity contribution >= 4 is 17.6 Å². The molecule has 0 spiro atoms. The predicted molar refractivity (Wildman–Crippen MR) is 114 cm³/mol. The van der Waals surface area contributed by atoms with Gasteiger partial charge in [-0.25, -0.2) is 4.79 Å². The minimum absolute atomic E-state index is 0.544. The van der Waals surface area contributed by atoms with Gasteiger partial charge in [-0.05, 0) is 41.3 Å². The zero-order valence-electron chi connectivity index (χ0n) is 16.5. The van der Waals surface area contributed by atoms with Gasteiger partial charge in [-0.15, -0.1) is 0 Å². The molecule has 0 unspecified atom stereocenters. The van der Waals surface area contributed by atoms with E-state index in [2.05, 4.69) is 12.1 Å². The summed E-state index contributed by atoms with van der Waals surface area (Å²) < 4.78 is 31.7. The summed E-state index contributed by atoms with van der Waals surface area (Å²) in [6.07, 6.45) is -5.08. The molecule has 0 aliphatic carbocycles. The number of alkyl halides is 3. The van der Waals surface area contributed by atoms with E-state index in [9.17, 15) is 18.3 Å². The quantitative estimate of drug-likeness (QED) is 0.485. The molecule has 0 saturated carbocycles. The first-order valence-corrected chi connectivity index (χ1v) is 9.50. The van der Waals surface area contributed by atoms with Crippen LogP contribution in [-0.2, 0) is 10.4 Å². The molecular weight excluding hydrogens is 431 g/mol. The molecular formula is C23H21ClF3NO3. The minimum Gasteiger partial charge on any atom is -0.475 e. The van der Waals surface area contributed by atoms with Crippen LogP contribution in [0, 0.1) is 0 Å². The number of carbonyl (C=O) groups is 1. The van der Waals surface area contributed by atoms with Crippen LogP contribution in [0.15, 0.2) is 78.9 Å². The van der Waals surface area contributed by atoms with Crippen molar-refractivity contribution in [1.82, 2.24) is 0 Å². The zero-order valence-corrected chi connectivity index (χ0v) is 17.2. The first-order valence-electron chi connectivity index (χ1n) is 9.12. The Kier molecular flexibility index (Phi) is 7.84. The normalized spacial score (nSPS) is 14.0. The number of aliphatic carboxylic acids is 1. The van der Waals surface area contributed by atoms with Crippen molar-refractivity contribution in [2.45, 2.75) is 24.7 Å². The highest BCUT2D eigenvalue weighted by Gasteiger charge is 2.38. The van der Waals surface area contributed by atoms with Gasteiger partial charge in [0.25, 0.3) is 0 Å². The van der Waals surface area contributed by atoms with E-state index in [1.165, 1.54) is 0 Å². The second kappa shape index (κ2) is 9.96. The van der Waals surface area contributed by atoms with Crippen LogP contribution in [0.1, 0.15) is 24.1 Å². The minimum atomic E-state index is -5.08. The van der Waals surface area contributed by atoms with E-state index in [0.29, 0.717) is 5.02 Å². The third kappa shape index (κ3) is 6.55. The Morgan fingerprint density at radius 1 is 0.903 bits per heavy atom. The van der Waals surface area contributed by atoms with Gasteiger partial charge >= 0.3 is 12.1 Å². The number of halogens is 4. The highest BCUT2D eigenvalue weighted by molar-refractivity contribution is 6.30. The number of carboxylic acids is 1. The molecule has 31 heavy (non-hydrogen) atoms. The van der Waals surface area contributed by atoms with Gasteiger partial charge in [-0.1, -0.05) is 78.3 Å². The van der Waals surface area contributed by atoms with E-state index in [-0.39, 0.29) is 0 Å². The molecule has 8 heteroatoms. The average Bonchev–Trinajstić information content (AvgIpc) is 2.74. The average molecular weight is 452 g/mol. The lowest BCUT2D eigenvalue weighted by molar-refractivity contribution is -0.192. The van der Waals surface area contributed by atoms with Gasteiger partial charge < -0.3 is 15.9 Å². The molecule has 0 aliphatic heterocycles. The van der Waals surface area contributed by atoms with Crippen molar-refractivity contribution in [2.24, 2.45) is 5.73 Å². The number of aliphatic hydroxyl groups is 1. The summed E-state index contributed by atoms with van der Waals surface area (Å²) in [5, 5.41) is 18.8. The number of benzene rings is 3. The fourth-order valence-electron chi connectivity index (χ4n) is 2.80. The Hall–Kier alpha value is -2.87. The molecule has 3 rings (SSSR count). The summed E-state index contributed by atoms with van der Waals surface area (Å²) in [7, 11) is 0. The molecule has 164 valence electrons. The lowest BCUT2D eigenvalue weighted by Gasteiger charge is -2.31. The van der Waals surface area contributed by atoms with Crippen LogP contribution >= 0.6 is 11.6 Å². The van der Waals surface area contributed by atoms with E-state index in [1.807, 2.05) is 54.6 Å². The van der Waals surface area contributed by atoms with E-state index in [4.69, 9.17) is 27.2 Å². The van der Waals surface area contributed by atoms with Crippen LogP contribution in [0.3, 0.4) is 0 Å². The topological polar surface area (TPSA) is 83.5 Å². The SMILES string of the molecule is C[C@@](O)(c1ccc(-c2ccccc2)cc1)[C@@H](N)c1ccc(Cl)cc1.O=C(O)C(F)(F)F. The lowest BCUT2D eigenvalue weighted by Crippen LogP contribution is -2.35. The van der Waals surface area contributed by atoms with Crippen LogP contribution in [0.5, 0.6) is 0 Å². The second-order valence-corrected chi connectivity index (χ2v) is 7.36. The van der Waals surface area contributed by atoms with Gasteiger partial charge in [0.05, 0.1) is 6.04 Å². The number of carboxylic acid groups (broad SMARTS) is 1. The number of hydrogen-bond acceptors (Lipinski definition) is 3. The van der Waals surface area contributed by atoms with Crippen LogP contribution in [0.2, 0.25) is 5.02 Å². The van der Waals surface area contributed by atoms with Crippen LogP contribution in [0.4, 0.5) is 13.2 Å². The van der Waals surface area contributed by atoms with E-state index >= 15 is 0 Å². The molecule has 0 radical (unpaired) electrons. The Morgan fingerprint density at radius 3 is 1.81 bits per heavy atom. The maximum Gasteiger partial charge on any atom is 0.490 e. The fraction of sp³-hybridized carbons (Fsp3) is 0.174. The van der Waals surface area contributed by atoms with Gasteiger partial charge in [0, 0.05) is 5.02 Å². The van der Waals surface area contributed by atoms with E-state index in [0.717, 1.165) is 22.3 Å². The van der Waals surface area contributed by atoms with Crippen LogP contribution < -0.4 is 5.73 Å². The molecule has 0 aliphatic rings. The van der Waals surface area contributed by atoms with E-state index in [1.54, 1.807) is 19.1 Å². The van der Waals surface area contributed by atoms with Crippen molar-refractivity contribution < 1.29 is 28.2 Å². The number of rotatable bonds is 4. The van der Waals surface area contributed by atoms with Gasteiger partial charge in [0.15, 0.2) is 0 Å². The molecule has 0 fully saturated rings. The smallest absolute Gasteiger partial charge is 0.475 e. The summed E-state index contributed by atoms with van der Waals surface area (Å²) in [6, 6.07) is 24.7. The maximum atomic E-state index is 11.0. The Labute approximate surface area is 182 Å². The zero-order chi connectivity index (χ0) is 23.2. The van der Waals surface area contributed by atoms with Gasteiger partial charge in [0.2, 0.25) is 0 Å². The second-order valence-electron chi connectivity index (χ2n) is 6.92. The molecule has 0 heterocycles. The van der Waals surface area contributed by atoms with Crippen LogP contribution in [0.25, 0.3) is 11.1 Å². The number of nitrogens with two attached hydrogens (primary N) is 1. The van der Waals surface area contributed by atoms with Crippen LogP contribution in [-0.4, -0.2) is 22.4 Å². The third-order valence-corrected chi connectivity index (χ3v) is 4.91. The molecule has 4 N–H and O–H groups in total. The Bertz CT molecular complexity index is 989. The first kappa shape index (κ1) is 24.4. The maximum absolute atomic E-state index is 11.0. The molecule has 0 bridgehead atoms. The molecule has 0 aromatic heterocycles. The highest BCUT2D eigenvalue weighted by atomic mass is 35.5. The summed E-state index contributed by atoms with van der Waals surface area (Å²) in [4.78, 5) is 8.90. The molecule has 2 atom stereocenters. The van der Waals surface area contributed by atoms with Crippen molar-refractivity contribution in [1.29, 1.82) is 0 Å². The summed E-state index contributed by atoms with van der Waals surface area (Å²) >= 11 is 5.92. The molecule has 3 aromatic carbocycles. The summed E-state index contributed by atoms with van der Waals surface area (Å²) in [5.41, 5.74) is 9.01. The molecule has 4 nitrogen and oxygen atoms in total. The highest BCUT2D eigenvalue weighted by Crippen LogP contribution is 2.34. The summed E-state index contributed by atoms with van der Waals surface area (Å²) in [6.45, 7) is 1.74. The van der Waals surface area contributed by atoms with E-state index < -0.39 is 23.8 Å². The molecule has 3 aromatic rings. The van der Waals surface area contributed by atoms with Crippen molar-refractivity contribution in [3.8, 4) is 11.1 Å². The van der Waals surface area contributed by atoms with Gasteiger partial charge in [0.1, 0.15) is 5.60 Å². The molecule has 0 saturated heterocycles. The van der Waals surface area contributed by atoms with Gasteiger partial charge in [-0.3, -0.25) is 0 Å².